The molecule has 2 aromatic heterocycles. The summed E-state index contributed by atoms with van der Waals surface area (Å²) in [4.78, 5) is 29.3. The number of carbonyl (C=O) groups is 1. The number of nitrogens with zero attached hydrogens (tertiary/aromatic N) is 4. The highest BCUT2D eigenvalue weighted by molar-refractivity contribution is 5.77. The van der Waals surface area contributed by atoms with Gasteiger partial charge < -0.3 is 15.4 Å². The van der Waals surface area contributed by atoms with Gasteiger partial charge in [-0.1, -0.05) is 6.07 Å². The number of hydrogen-bond acceptors (Lipinski definition) is 7. The number of amides is 1. The minimum absolute atomic E-state index is 0.0346. The predicted octanol–water partition coefficient (Wildman–Crippen LogP) is 2.12. The highest BCUT2D eigenvalue weighted by Crippen LogP contribution is 2.21. The molecule has 0 spiro atoms. The third-order valence-corrected chi connectivity index (χ3v) is 4.04. The topological polar surface area (TPSA) is 102 Å². The summed E-state index contributed by atoms with van der Waals surface area (Å²) in [5.41, 5.74) is 2.55. The van der Waals surface area contributed by atoms with Crippen LogP contribution in [0.5, 0.6) is 5.75 Å². The number of ether oxygens (including phenoxy) is 1. The number of aromatic nitrogens is 4. The summed E-state index contributed by atoms with van der Waals surface area (Å²) in [6.45, 7) is 0.526. The molecule has 0 saturated carbocycles. The average molecular weight is 362 g/mol. The fourth-order valence-corrected chi connectivity index (χ4v) is 2.74. The third kappa shape index (κ3) is 4.35. The SMILES string of the molecule is O=C1COc2cccc(c2)Nc2ncnc(n2)-c2ccnc(c2)CCCN1. The zero-order chi connectivity index (χ0) is 18.5. The van der Waals surface area contributed by atoms with Crippen LogP contribution in [-0.4, -0.2) is 39.0 Å². The Kier molecular flexibility index (Phi) is 4.86. The molecule has 1 aromatic carbocycles. The van der Waals surface area contributed by atoms with E-state index in [1.165, 1.54) is 6.33 Å². The highest BCUT2D eigenvalue weighted by Gasteiger charge is 2.08. The standard InChI is InChI=1S/C19H18N6O2/c26-17-11-27-16-5-1-3-15(10-16)24-19-23-12-22-18(25-19)13-6-8-20-14(9-13)4-2-7-21-17/h1,3,5-6,8-10,12H,2,4,7,11H2,(H,21,26)(H,22,23,24,25). The summed E-state index contributed by atoms with van der Waals surface area (Å²) >= 11 is 0. The summed E-state index contributed by atoms with van der Waals surface area (Å²) in [7, 11) is 0. The van der Waals surface area contributed by atoms with Crippen LogP contribution in [0.1, 0.15) is 12.1 Å². The maximum absolute atomic E-state index is 11.9. The summed E-state index contributed by atoms with van der Waals surface area (Å²) in [6.07, 6.45) is 4.74. The van der Waals surface area contributed by atoms with Gasteiger partial charge in [0.2, 0.25) is 5.95 Å². The molecular weight excluding hydrogens is 344 g/mol. The maximum atomic E-state index is 11.9. The average Bonchev–Trinajstić information content (AvgIpc) is 2.70. The van der Waals surface area contributed by atoms with Gasteiger partial charge in [-0.2, -0.15) is 4.98 Å². The van der Waals surface area contributed by atoms with E-state index >= 15 is 0 Å². The Bertz CT molecular complexity index is 962. The molecule has 8 heteroatoms. The Morgan fingerprint density at radius 2 is 2.04 bits per heavy atom. The molecule has 1 aliphatic rings. The number of hydrogen-bond donors (Lipinski definition) is 2. The van der Waals surface area contributed by atoms with Crippen LogP contribution in [0.15, 0.2) is 48.9 Å². The molecule has 0 unspecified atom stereocenters. The number of benzene rings is 1. The minimum Gasteiger partial charge on any atom is -0.484 e. The number of nitrogens with one attached hydrogen (secondary N) is 2. The molecule has 0 radical (unpaired) electrons. The largest absolute Gasteiger partial charge is 0.484 e. The molecule has 1 amide bonds. The van der Waals surface area contributed by atoms with Crippen LogP contribution in [0, 0.1) is 0 Å². The van der Waals surface area contributed by atoms with E-state index in [0.29, 0.717) is 24.1 Å². The van der Waals surface area contributed by atoms with E-state index in [2.05, 4.69) is 30.6 Å². The van der Waals surface area contributed by atoms with Crippen molar-refractivity contribution in [1.82, 2.24) is 25.3 Å². The van der Waals surface area contributed by atoms with E-state index in [1.54, 1.807) is 18.3 Å². The Balaban J connectivity index is 1.68. The number of aryl methyl sites for hydroxylation is 1. The van der Waals surface area contributed by atoms with Crippen molar-refractivity contribution in [3.63, 3.8) is 0 Å². The quantitative estimate of drug-likeness (QED) is 0.631. The Morgan fingerprint density at radius 3 is 3.00 bits per heavy atom. The third-order valence-electron chi connectivity index (χ3n) is 4.04. The first-order valence-electron chi connectivity index (χ1n) is 8.67. The summed E-state index contributed by atoms with van der Waals surface area (Å²) < 4.78 is 5.56. The first-order valence-corrected chi connectivity index (χ1v) is 8.67. The van der Waals surface area contributed by atoms with Crippen LogP contribution in [-0.2, 0) is 11.2 Å². The molecule has 27 heavy (non-hydrogen) atoms. The second kappa shape index (κ2) is 7.77. The normalized spacial score (nSPS) is 14.3. The first-order chi connectivity index (χ1) is 13.3. The predicted molar refractivity (Wildman–Crippen MR) is 99.6 cm³/mol. The number of anilines is 2. The van der Waals surface area contributed by atoms with E-state index in [0.717, 1.165) is 29.8 Å². The smallest absolute Gasteiger partial charge is 0.257 e. The van der Waals surface area contributed by atoms with E-state index in [9.17, 15) is 4.79 Å². The van der Waals surface area contributed by atoms with Gasteiger partial charge in [0.15, 0.2) is 12.4 Å². The van der Waals surface area contributed by atoms with Crippen LogP contribution in [0.4, 0.5) is 11.6 Å². The molecule has 3 aromatic rings. The Labute approximate surface area is 156 Å². The van der Waals surface area contributed by atoms with Crippen molar-refractivity contribution in [2.75, 3.05) is 18.5 Å². The lowest BCUT2D eigenvalue weighted by atomic mass is 10.1. The van der Waals surface area contributed by atoms with Crippen molar-refractivity contribution in [2.24, 2.45) is 0 Å². The fraction of sp³-hybridized carbons (Fsp3) is 0.211. The molecule has 136 valence electrons. The summed E-state index contributed by atoms with van der Waals surface area (Å²) in [6, 6.07) is 11.1. The van der Waals surface area contributed by atoms with Crippen LogP contribution in [0.2, 0.25) is 0 Å². The lowest BCUT2D eigenvalue weighted by Crippen LogP contribution is -2.29. The molecule has 6 bridgehead atoms. The zero-order valence-electron chi connectivity index (χ0n) is 14.6. The summed E-state index contributed by atoms with van der Waals surface area (Å²) in [5, 5.41) is 5.99. The molecule has 2 N–H and O–H groups in total. The second-order valence-electron chi connectivity index (χ2n) is 6.06. The van der Waals surface area contributed by atoms with Crippen LogP contribution in [0.25, 0.3) is 11.4 Å². The van der Waals surface area contributed by atoms with Crippen molar-refractivity contribution in [2.45, 2.75) is 12.8 Å². The van der Waals surface area contributed by atoms with Crippen molar-refractivity contribution < 1.29 is 9.53 Å². The van der Waals surface area contributed by atoms with E-state index < -0.39 is 0 Å². The number of carbonyl (C=O) groups excluding carboxylic acids is 1. The molecule has 0 atom stereocenters. The van der Waals surface area contributed by atoms with Gasteiger partial charge in [0.1, 0.15) is 12.1 Å². The van der Waals surface area contributed by atoms with Gasteiger partial charge in [0, 0.05) is 35.8 Å². The lowest BCUT2D eigenvalue weighted by Gasteiger charge is -2.09. The Hall–Kier alpha value is -3.55. The van der Waals surface area contributed by atoms with E-state index in [4.69, 9.17) is 4.74 Å². The first kappa shape index (κ1) is 16.9. The van der Waals surface area contributed by atoms with Crippen LogP contribution in [0.3, 0.4) is 0 Å². The van der Waals surface area contributed by atoms with Crippen LogP contribution >= 0.6 is 0 Å². The second-order valence-corrected chi connectivity index (χ2v) is 6.06. The number of pyridine rings is 1. The molecule has 0 aliphatic carbocycles. The number of fused-ring (bicyclic) bond motifs is 7. The number of rotatable bonds is 0. The van der Waals surface area contributed by atoms with E-state index in [1.807, 2.05) is 24.3 Å². The fourth-order valence-electron chi connectivity index (χ4n) is 2.74. The van der Waals surface area contributed by atoms with Gasteiger partial charge in [-0.15, -0.1) is 0 Å². The lowest BCUT2D eigenvalue weighted by molar-refractivity contribution is -0.123. The van der Waals surface area contributed by atoms with Crippen molar-refractivity contribution >= 4 is 17.5 Å². The minimum atomic E-state index is -0.154. The maximum Gasteiger partial charge on any atom is 0.257 e. The van der Waals surface area contributed by atoms with Gasteiger partial charge in [0.25, 0.3) is 5.91 Å². The highest BCUT2D eigenvalue weighted by atomic mass is 16.5. The zero-order valence-corrected chi connectivity index (χ0v) is 14.6. The Morgan fingerprint density at radius 1 is 1.07 bits per heavy atom. The molecule has 0 fully saturated rings. The van der Waals surface area contributed by atoms with Gasteiger partial charge in [-0.05, 0) is 37.1 Å². The summed E-state index contributed by atoms with van der Waals surface area (Å²) in [5.74, 6) is 1.43. The molecular formula is C19H18N6O2. The van der Waals surface area contributed by atoms with Crippen LogP contribution < -0.4 is 15.4 Å². The molecule has 4 rings (SSSR count). The van der Waals surface area contributed by atoms with Crippen molar-refractivity contribution in [1.29, 1.82) is 0 Å². The van der Waals surface area contributed by atoms with E-state index in [-0.39, 0.29) is 12.5 Å². The van der Waals surface area contributed by atoms with Gasteiger partial charge in [-0.25, -0.2) is 9.97 Å². The molecule has 3 heterocycles. The van der Waals surface area contributed by atoms with Gasteiger partial charge >= 0.3 is 0 Å². The van der Waals surface area contributed by atoms with Crippen molar-refractivity contribution in [3.8, 4) is 17.1 Å². The molecule has 0 saturated heterocycles. The van der Waals surface area contributed by atoms with Gasteiger partial charge in [-0.3, -0.25) is 9.78 Å². The molecule has 1 aliphatic heterocycles. The molecule has 8 nitrogen and oxygen atoms in total. The monoisotopic (exact) mass is 362 g/mol. The van der Waals surface area contributed by atoms with Gasteiger partial charge in [0.05, 0.1) is 0 Å². The van der Waals surface area contributed by atoms with Crippen molar-refractivity contribution in [3.05, 3.63) is 54.6 Å².